The van der Waals surface area contributed by atoms with Crippen molar-refractivity contribution in [3.8, 4) is 0 Å². The Hall–Kier alpha value is -2.47. The number of aromatic nitrogens is 2. The van der Waals surface area contributed by atoms with E-state index in [1.165, 1.54) is 5.56 Å². The minimum absolute atomic E-state index is 0.181. The van der Waals surface area contributed by atoms with Crippen LogP contribution in [-0.4, -0.2) is 40.0 Å². The van der Waals surface area contributed by atoms with Crippen molar-refractivity contribution in [1.29, 1.82) is 0 Å². The molecule has 6 nitrogen and oxygen atoms in total. The van der Waals surface area contributed by atoms with E-state index in [4.69, 9.17) is 9.72 Å². The summed E-state index contributed by atoms with van der Waals surface area (Å²) in [6, 6.07) is 10.7. The Morgan fingerprint density at radius 2 is 2.00 bits per heavy atom. The van der Waals surface area contributed by atoms with Crippen LogP contribution in [0.2, 0.25) is 0 Å². The summed E-state index contributed by atoms with van der Waals surface area (Å²) in [7, 11) is 0. The number of carbonyl (C=O) groups is 1. The van der Waals surface area contributed by atoms with Gasteiger partial charge in [-0.25, -0.2) is 9.97 Å². The van der Waals surface area contributed by atoms with Crippen molar-refractivity contribution < 1.29 is 9.53 Å². The normalized spacial score (nSPS) is 19.4. The van der Waals surface area contributed by atoms with Gasteiger partial charge in [-0.3, -0.25) is 4.79 Å². The van der Waals surface area contributed by atoms with Gasteiger partial charge in [0.25, 0.3) is 0 Å². The molecule has 0 aliphatic carbocycles. The van der Waals surface area contributed by atoms with Crippen molar-refractivity contribution in [1.82, 2.24) is 14.9 Å². The van der Waals surface area contributed by atoms with Crippen molar-refractivity contribution in [2.45, 2.75) is 64.6 Å². The van der Waals surface area contributed by atoms with Crippen LogP contribution in [0.15, 0.2) is 36.5 Å². The second kappa shape index (κ2) is 8.72. The van der Waals surface area contributed by atoms with Gasteiger partial charge in [0.1, 0.15) is 0 Å². The van der Waals surface area contributed by atoms with E-state index in [2.05, 4.69) is 55.3 Å². The molecule has 4 rings (SSSR count). The van der Waals surface area contributed by atoms with Gasteiger partial charge in [-0.05, 0) is 44.6 Å². The van der Waals surface area contributed by atoms with Gasteiger partial charge < -0.3 is 15.0 Å². The highest BCUT2D eigenvalue weighted by Gasteiger charge is 2.41. The smallest absolute Gasteiger partial charge is 0.223 e. The van der Waals surface area contributed by atoms with Crippen LogP contribution in [-0.2, 0) is 28.0 Å². The van der Waals surface area contributed by atoms with Gasteiger partial charge in [-0.15, -0.1) is 0 Å². The number of hydrogen-bond acceptors (Lipinski definition) is 5. The molecule has 1 aromatic heterocycles. The predicted octanol–water partition coefficient (Wildman–Crippen LogP) is 3.91. The molecular formula is C24H32N4O2. The summed E-state index contributed by atoms with van der Waals surface area (Å²) in [5, 5.41) is 3.44. The first-order valence-corrected chi connectivity index (χ1v) is 11.0. The molecule has 1 amide bonds. The number of benzene rings is 1. The standard InChI is InChI=1S/C24H32N4O2/c1-17(13-18-7-5-4-6-8-18)14-22(29)28-16-21-20(24(28,2)3)15-25-23(27-21)26-19-9-11-30-12-10-19/h4-8,15,17,19H,9-14,16H2,1-3H3,(H,25,26,27). The Morgan fingerprint density at radius 1 is 1.27 bits per heavy atom. The van der Waals surface area contributed by atoms with Crippen LogP contribution in [0, 0.1) is 5.92 Å². The van der Waals surface area contributed by atoms with E-state index < -0.39 is 5.54 Å². The Balaban J connectivity index is 1.41. The average molecular weight is 409 g/mol. The summed E-state index contributed by atoms with van der Waals surface area (Å²) in [6.07, 6.45) is 5.27. The molecule has 3 heterocycles. The fourth-order valence-electron chi connectivity index (χ4n) is 4.53. The molecule has 0 radical (unpaired) electrons. The molecule has 2 aromatic rings. The molecule has 1 unspecified atom stereocenters. The maximum Gasteiger partial charge on any atom is 0.223 e. The maximum absolute atomic E-state index is 13.2. The number of amides is 1. The Morgan fingerprint density at radius 3 is 2.73 bits per heavy atom. The van der Waals surface area contributed by atoms with Gasteiger partial charge in [-0.1, -0.05) is 37.3 Å². The molecule has 1 aromatic carbocycles. The molecular weight excluding hydrogens is 376 g/mol. The molecule has 1 fully saturated rings. The van der Waals surface area contributed by atoms with Crippen molar-refractivity contribution in [2.75, 3.05) is 18.5 Å². The highest BCUT2D eigenvalue weighted by atomic mass is 16.5. The summed E-state index contributed by atoms with van der Waals surface area (Å²) in [5.74, 6) is 1.12. The highest BCUT2D eigenvalue weighted by Crippen LogP contribution is 2.38. The van der Waals surface area contributed by atoms with E-state index >= 15 is 0 Å². The molecule has 0 saturated carbocycles. The van der Waals surface area contributed by atoms with Crippen LogP contribution in [0.3, 0.4) is 0 Å². The number of anilines is 1. The quantitative estimate of drug-likeness (QED) is 0.785. The number of fused-ring (bicyclic) bond motifs is 1. The number of nitrogens with one attached hydrogen (secondary N) is 1. The lowest BCUT2D eigenvalue weighted by atomic mass is 9.94. The molecule has 2 aliphatic heterocycles. The molecule has 1 N–H and O–H groups in total. The number of nitrogens with zero attached hydrogens (tertiary/aromatic N) is 3. The van der Waals surface area contributed by atoms with Gasteiger partial charge >= 0.3 is 0 Å². The van der Waals surface area contributed by atoms with Gasteiger partial charge in [0.2, 0.25) is 11.9 Å². The third-order valence-corrected chi connectivity index (χ3v) is 6.32. The summed E-state index contributed by atoms with van der Waals surface area (Å²) in [4.78, 5) is 24.5. The van der Waals surface area contributed by atoms with Crippen molar-refractivity contribution >= 4 is 11.9 Å². The first-order valence-electron chi connectivity index (χ1n) is 11.0. The SMILES string of the molecule is CC(CC(=O)N1Cc2nc(NC3CCOCC3)ncc2C1(C)C)Cc1ccccc1. The fourth-order valence-corrected chi connectivity index (χ4v) is 4.53. The van der Waals surface area contributed by atoms with E-state index in [9.17, 15) is 4.79 Å². The third kappa shape index (κ3) is 4.48. The second-order valence-corrected chi connectivity index (χ2v) is 9.12. The highest BCUT2D eigenvalue weighted by molar-refractivity contribution is 5.78. The zero-order chi connectivity index (χ0) is 21.1. The van der Waals surface area contributed by atoms with Gasteiger partial charge in [0.15, 0.2) is 0 Å². The van der Waals surface area contributed by atoms with E-state index in [0.29, 0.717) is 25.0 Å². The summed E-state index contributed by atoms with van der Waals surface area (Å²) >= 11 is 0. The summed E-state index contributed by atoms with van der Waals surface area (Å²) < 4.78 is 5.42. The van der Waals surface area contributed by atoms with E-state index in [0.717, 1.165) is 43.7 Å². The largest absolute Gasteiger partial charge is 0.381 e. The minimum Gasteiger partial charge on any atom is -0.381 e. The van der Waals surface area contributed by atoms with Crippen LogP contribution >= 0.6 is 0 Å². The minimum atomic E-state index is -0.393. The summed E-state index contributed by atoms with van der Waals surface area (Å²) in [6.45, 7) is 8.43. The zero-order valence-electron chi connectivity index (χ0n) is 18.2. The predicted molar refractivity (Wildman–Crippen MR) is 117 cm³/mol. The molecule has 0 spiro atoms. The van der Waals surface area contributed by atoms with Gasteiger partial charge in [-0.2, -0.15) is 0 Å². The zero-order valence-corrected chi connectivity index (χ0v) is 18.2. The van der Waals surface area contributed by atoms with E-state index in [1.807, 2.05) is 17.2 Å². The third-order valence-electron chi connectivity index (χ3n) is 6.32. The monoisotopic (exact) mass is 408 g/mol. The summed E-state index contributed by atoms with van der Waals surface area (Å²) in [5.41, 5.74) is 2.88. The lowest BCUT2D eigenvalue weighted by Crippen LogP contribution is -2.40. The fraction of sp³-hybridized carbons (Fsp3) is 0.542. The first kappa shape index (κ1) is 20.8. The van der Waals surface area contributed by atoms with Crippen molar-refractivity contribution in [2.24, 2.45) is 5.92 Å². The van der Waals surface area contributed by atoms with Crippen LogP contribution < -0.4 is 5.32 Å². The maximum atomic E-state index is 13.2. The molecule has 1 atom stereocenters. The van der Waals surface area contributed by atoms with Crippen LogP contribution in [0.25, 0.3) is 0 Å². The van der Waals surface area contributed by atoms with Gasteiger partial charge in [0, 0.05) is 37.4 Å². The van der Waals surface area contributed by atoms with Crippen molar-refractivity contribution in [3.63, 3.8) is 0 Å². The van der Waals surface area contributed by atoms with Gasteiger partial charge in [0.05, 0.1) is 17.8 Å². The molecule has 0 bridgehead atoms. The van der Waals surface area contributed by atoms with Crippen LogP contribution in [0.5, 0.6) is 0 Å². The Kier molecular flexibility index (Phi) is 6.04. The van der Waals surface area contributed by atoms with Crippen LogP contribution in [0.1, 0.15) is 56.9 Å². The number of hydrogen-bond donors (Lipinski definition) is 1. The number of ether oxygens (including phenoxy) is 1. The lowest BCUT2D eigenvalue weighted by Gasteiger charge is -2.33. The van der Waals surface area contributed by atoms with Crippen LogP contribution in [0.4, 0.5) is 5.95 Å². The molecule has 2 aliphatic rings. The number of rotatable bonds is 6. The number of carbonyl (C=O) groups excluding carboxylic acids is 1. The topological polar surface area (TPSA) is 67.4 Å². The Labute approximate surface area is 179 Å². The molecule has 30 heavy (non-hydrogen) atoms. The second-order valence-electron chi connectivity index (χ2n) is 9.12. The average Bonchev–Trinajstić information content (AvgIpc) is 2.99. The Bertz CT molecular complexity index is 878. The molecule has 6 heteroatoms. The molecule has 1 saturated heterocycles. The van der Waals surface area contributed by atoms with Crippen molar-refractivity contribution in [3.05, 3.63) is 53.3 Å². The van der Waals surface area contributed by atoms with E-state index in [-0.39, 0.29) is 11.8 Å². The van der Waals surface area contributed by atoms with E-state index in [1.54, 1.807) is 0 Å². The first-order chi connectivity index (χ1) is 14.4. The lowest BCUT2D eigenvalue weighted by molar-refractivity contribution is -0.137. The molecule has 160 valence electrons.